The molecule has 0 unspecified atom stereocenters. The van der Waals surface area contributed by atoms with Crippen LogP contribution >= 0.6 is 27.5 Å². The molecule has 2 rings (SSSR count). The number of rotatable bonds is 4. The maximum Gasteiger partial charge on any atom is 0.335 e. The zero-order valence-electron chi connectivity index (χ0n) is 10.1. The van der Waals surface area contributed by atoms with Gasteiger partial charge in [-0.05, 0) is 24.3 Å². The van der Waals surface area contributed by atoms with E-state index in [1.807, 2.05) is 0 Å². The van der Waals surface area contributed by atoms with Crippen molar-refractivity contribution < 1.29 is 19.0 Å². The Labute approximate surface area is 128 Å². The maximum atomic E-state index is 13.5. The van der Waals surface area contributed by atoms with Crippen LogP contribution in [0.15, 0.2) is 40.9 Å². The average Bonchev–Trinajstić information content (AvgIpc) is 2.39. The molecule has 0 amide bonds. The number of carbonyl (C=O) groups is 1. The van der Waals surface area contributed by atoms with E-state index in [9.17, 15) is 9.18 Å². The lowest BCUT2D eigenvalue weighted by Crippen LogP contribution is -2.01. The standard InChI is InChI=1S/C14H9BrClFO3/c15-10-6-8(14(18)19)4-5-9(10)7-20-13-11(16)2-1-3-12(13)17/h1-6H,7H2,(H,18,19). The number of ether oxygens (including phenoxy) is 1. The normalized spacial score (nSPS) is 10.3. The minimum absolute atomic E-state index is 0.0247. The molecule has 0 heterocycles. The SMILES string of the molecule is O=C(O)c1ccc(COc2c(F)cccc2Cl)c(Br)c1. The summed E-state index contributed by atoms with van der Waals surface area (Å²) < 4.78 is 19.4. The molecular weight excluding hydrogens is 351 g/mol. The molecule has 2 aromatic rings. The first kappa shape index (κ1) is 14.8. The van der Waals surface area contributed by atoms with E-state index in [1.165, 1.54) is 30.3 Å². The summed E-state index contributed by atoms with van der Waals surface area (Å²) in [5.41, 5.74) is 0.846. The number of aromatic carboxylic acids is 1. The van der Waals surface area contributed by atoms with Crippen molar-refractivity contribution in [2.75, 3.05) is 0 Å². The Kier molecular flexibility index (Phi) is 4.62. The van der Waals surface area contributed by atoms with E-state index in [4.69, 9.17) is 21.4 Å². The molecule has 0 aliphatic carbocycles. The predicted octanol–water partition coefficient (Wildman–Crippen LogP) is 4.52. The molecule has 0 saturated heterocycles. The van der Waals surface area contributed by atoms with Crippen LogP contribution in [-0.2, 0) is 6.61 Å². The minimum Gasteiger partial charge on any atom is -0.484 e. The lowest BCUT2D eigenvalue weighted by Gasteiger charge is -2.10. The van der Waals surface area contributed by atoms with Gasteiger partial charge in [0.1, 0.15) is 6.61 Å². The highest BCUT2D eigenvalue weighted by Gasteiger charge is 2.11. The van der Waals surface area contributed by atoms with E-state index in [0.29, 0.717) is 10.0 Å². The van der Waals surface area contributed by atoms with Gasteiger partial charge in [0.05, 0.1) is 10.6 Å². The summed E-state index contributed by atoms with van der Waals surface area (Å²) >= 11 is 9.10. The summed E-state index contributed by atoms with van der Waals surface area (Å²) in [5, 5.41) is 9.05. The van der Waals surface area contributed by atoms with Crippen molar-refractivity contribution >= 4 is 33.5 Å². The smallest absolute Gasteiger partial charge is 0.335 e. The van der Waals surface area contributed by atoms with E-state index in [1.54, 1.807) is 6.07 Å². The maximum absolute atomic E-state index is 13.5. The summed E-state index contributed by atoms with van der Waals surface area (Å²) in [7, 11) is 0. The number of hydrogen-bond donors (Lipinski definition) is 1. The molecular formula is C14H9BrClFO3. The largest absolute Gasteiger partial charge is 0.484 e. The van der Waals surface area contributed by atoms with Crippen molar-refractivity contribution in [2.24, 2.45) is 0 Å². The quantitative estimate of drug-likeness (QED) is 0.873. The Morgan fingerprint density at radius 3 is 2.70 bits per heavy atom. The molecule has 0 fully saturated rings. The van der Waals surface area contributed by atoms with Gasteiger partial charge >= 0.3 is 5.97 Å². The molecule has 0 aliphatic rings. The second-order valence-electron chi connectivity index (χ2n) is 3.95. The van der Waals surface area contributed by atoms with Crippen LogP contribution in [0.1, 0.15) is 15.9 Å². The Morgan fingerprint density at radius 2 is 2.10 bits per heavy atom. The Balaban J connectivity index is 2.17. The van der Waals surface area contributed by atoms with Gasteiger partial charge < -0.3 is 9.84 Å². The van der Waals surface area contributed by atoms with E-state index < -0.39 is 11.8 Å². The first-order chi connectivity index (χ1) is 9.49. The number of halogens is 3. The van der Waals surface area contributed by atoms with Crippen molar-refractivity contribution in [1.29, 1.82) is 0 Å². The van der Waals surface area contributed by atoms with Gasteiger partial charge in [-0.3, -0.25) is 0 Å². The van der Waals surface area contributed by atoms with Crippen LogP contribution in [-0.4, -0.2) is 11.1 Å². The van der Waals surface area contributed by atoms with Gasteiger partial charge in [0.15, 0.2) is 11.6 Å². The monoisotopic (exact) mass is 358 g/mol. The summed E-state index contributed by atoms with van der Waals surface area (Å²) in [6, 6.07) is 8.79. The van der Waals surface area contributed by atoms with E-state index >= 15 is 0 Å². The number of carboxylic acids is 1. The summed E-state index contributed by atoms with van der Waals surface area (Å²) in [6.07, 6.45) is 0. The third-order valence-corrected chi connectivity index (χ3v) is 3.63. The lowest BCUT2D eigenvalue weighted by molar-refractivity contribution is 0.0696. The van der Waals surface area contributed by atoms with Crippen LogP contribution < -0.4 is 4.74 Å². The molecule has 0 aliphatic heterocycles. The first-order valence-electron chi connectivity index (χ1n) is 5.57. The molecule has 0 atom stereocenters. The molecule has 3 nitrogen and oxygen atoms in total. The summed E-state index contributed by atoms with van der Waals surface area (Å²) in [5.74, 6) is -1.59. The fourth-order valence-corrected chi connectivity index (χ4v) is 2.28. The first-order valence-corrected chi connectivity index (χ1v) is 6.74. The van der Waals surface area contributed by atoms with E-state index in [-0.39, 0.29) is 22.9 Å². The molecule has 1 N–H and O–H groups in total. The second kappa shape index (κ2) is 6.24. The van der Waals surface area contributed by atoms with E-state index in [0.717, 1.165) is 0 Å². The van der Waals surface area contributed by atoms with Gasteiger partial charge in [-0.25, -0.2) is 9.18 Å². The molecule has 104 valence electrons. The van der Waals surface area contributed by atoms with Crippen molar-refractivity contribution in [1.82, 2.24) is 0 Å². The van der Waals surface area contributed by atoms with Gasteiger partial charge in [-0.2, -0.15) is 0 Å². The number of carboxylic acid groups (broad SMARTS) is 1. The van der Waals surface area contributed by atoms with Gasteiger partial charge in [-0.15, -0.1) is 0 Å². The fraction of sp³-hybridized carbons (Fsp3) is 0.0714. The summed E-state index contributed by atoms with van der Waals surface area (Å²) in [4.78, 5) is 10.8. The van der Waals surface area contributed by atoms with Crippen LogP contribution in [0.5, 0.6) is 5.75 Å². The lowest BCUT2D eigenvalue weighted by atomic mass is 10.1. The number of para-hydroxylation sites is 1. The third kappa shape index (κ3) is 3.29. The Hall–Kier alpha value is -1.59. The fourth-order valence-electron chi connectivity index (χ4n) is 1.57. The minimum atomic E-state index is -1.02. The van der Waals surface area contributed by atoms with E-state index in [2.05, 4.69) is 15.9 Å². The molecule has 2 aromatic carbocycles. The van der Waals surface area contributed by atoms with Crippen molar-refractivity contribution in [3.05, 3.63) is 62.8 Å². The Bertz CT molecular complexity index is 641. The molecule has 0 saturated carbocycles. The topological polar surface area (TPSA) is 46.5 Å². The van der Waals surface area contributed by atoms with Crippen molar-refractivity contribution in [2.45, 2.75) is 6.61 Å². The molecule has 20 heavy (non-hydrogen) atoms. The second-order valence-corrected chi connectivity index (χ2v) is 5.21. The van der Waals surface area contributed by atoms with Crippen LogP contribution in [0.3, 0.4) is 0 Å². The van der Waals surface area contributed by atoms with Gasteiger partial charge in [0.25, 0.3) is 0 Å². The molecule has 0 radical (unpaired) electrons. The van der Waals surface area contributed by atoms with Crippen molar-refractivity contribution in [3.63, 3.8) is 0 Å². The highest BCUT2D eigenvalue weighted by Crippen LogP contribution is 2.29. The highest BCUT2D eigenvalue weighted by molar-refractivity contribution is 9.10. The molecule has 0 bridgehead atoms. The summed E-state index contributed by atoms with van der Waals surface area (Å²) in [6.45, 7) is 0.0706. The van der Waals surface area contributed by atoms with Crippen LogP contribution in [0.2, 0.25) is 5.02 Å². The van der Waals surface area contributed by atoms with Gasteiger partial charge in [-0.1, -0.05) is 39.7 Å². The molecule has 0 spiro atoms. The third-order valence-electron chi connectivity index (χ3n) is 2.59. The zero-order chi connectivity index (χ0) is 14.7. The highest BCUT2D eigenvalue weighted by atomic mass is 79.9. The van der Waals surface area contributed by atoms with Crippen molar-refractivity contribution in [3.8, 4) is 5.75 Å². The average molecular weight is 360 g/mol. The number of hydrogen-bond acceptors (Lipinski definition) is 2. The number of benzene rings is 2. The van der Waals surface area contributed by atoms with Crippen LogP contribution in [0, 0.1) is 5.82 Å². The predicted molar refractivity (Wildman–Crippen MR) is 76.8 cm³/mol. The molecule has 0 aromatic heterocycles. The zero-order valence-corrected chi connectivity index (χ0v) is 12.4. The van der Waals surface area contributed by atoms with Gasteiger partial charge in [0, 0.05) is 10.0 Å². The van der Waals surface area contributed by atoms with Crippen LogP contribution in [0.4, 0.5) is 4.39 Å². The molecule has 6 heteroatoms. The Morgan fingerprint density at radius 1 is 1.35 bits per heavy atom. The van der Waals surface area contributed by atoms with Gasteiger partial charge in [0.2, 0.25) is 0 Å². The van der Waals surface area contributed by atoms with Crippen LogP contribution in [0.25, 0.3) is 0 Å².